The highest BCUT2D eigenvalue weighted by Crippen LogP contribution is 2.19. The van der Waals surface area contributed by atoms with E-state index in [1.165, 1.54) is 12.1 Å². The Kier molecular flexibility index (Phi) is 1.93. The van der Waals surface area contributed by atoms with Crippen molar-refractivity contribution < 1.29 is 14.7 Å². The number of nitrogens with one attached hydrogen (secondary N) is 1. The smallest absolute Gasteiger partial charge is 0.337 e. The predicted octanol–water partition coefficient (Wildman–Crippen LogP) is 0.965. The minimum atomic E-state index is -1.04. The van der Waals surface area contributed by atoms with Gasteiger partial charge in [0.15, 0.2) is 0 Å². The number of carboxylic acid groups (broad SMARTS) is 1. The van der Waals surface area contributed by atoms with E-state index in [1.807, 2.05) is 0 Å². The molecule has 2 aromatic rings. The molecular formula is C10H8N2O3. The second kappa shape index (κ2) is 3.13. The minimum Gasteiger partial charge on any atom is -0.478 e. The summed E-state index contributed by atoms with van der Waals surface area (Å²) in [5, 5.41) is 9.55. The third-order valence-electron chi connectivity index (χ3n) is 2.15. The third-order valence-corrected chi connectivity index (χ3v) is 2.15. The Bertz CT molecular complexity index is 557. The van der Waals surface area contributed by atoms with Gasteiger partial charge >= 0.3 is 5.97 Å². The maximum Gasteiger partial charge on any atom is 0.337 e. The monoisotopic (exact) mass is 204 g/mol. The van der Waals surface area contributed by atoms with Crippen molar-refractivity contribution >= 4 is 22.8 Å². The topological polar surface area (TPSA) is 96.2 Å². The molecule has 0 bridgehead atoms. The third kappa shape index (κ3) is 1.43. The zero-order chi connectivity index (χ0) is 11.0. The first-order valence-electron chi connectivity index (χ1n) is 4.24. The number of carbonyl (C=O) groups excluding carboxylic acids is 1. The Morgan fingerprint density at radius 3 is 2.67 bits per heavy atom. The number of primary amides is 1. The first-order chi connectivity index (χ1) is 7.09. The molecule has 0 saturated carbocycles. The van der Waals surface area contributed by atoms with Crippen LogP contribution in [-0.2, 0) is 0 Å². The summed E-state index contributed by atoms with van der Waals surface area (Å²) in [6.45, 7) is 0. The van der Waals surface area contributed by atoms with E-state index in [4.69, 9.17) is 10.8 Å². The molecule has 0 spiro atoms. The van der Waals surface area contributed by atoms with Gasteiger partial charge in [0.1, 0.15) is 5.69 Å². The van der Waals surface area contributed by atoms with Crippen molar-refractivity contribution in [3.05, 3.63) is 35.5 Å². The molecule has 1 aromatic carbocycles. The van der Waals surface area contributed by atoms with Crippen molar-refractivity contribution in [3.63, 3.8) is 0 Å². The number of aromatic amines is 1. The maximum atomic E-state index is 10.9. The molecule has 0 radical (unpaired) electrons. The lowest BCUT2D eigenvalue weighted by atomic mass is 10.1. The van der Waals surface area contributed by atoms with Crippen molar-refractivity contribution in [2.75, 3.05) is 0 Å². The van der Waals surface area contributed by atoms with E-state index in [0.717, 1.165) is 0 Å². The molecule has 0 atom stereocenters. The molecule has 15 heavy (non-hydrogen) atoms. The van der Waals surface area contributed by atoms with Crippen molar-refractivity contribution in [2.45, 2.75) is 0 Å². The number of hydrogen-bond acceptors (Lipinski definition) is 2. The Morgan fingerprint density at radius 2 is 2.07 bits per heavy atom. The minimum absolute atomic E-state index is 0.125. The lowest BCUT2D eigenvalue weighted by molar-refractivity contribution is 0.0698. The van der Waals surface area contributed by atoms with Crippen LogP contribution in [0, 0.1) is 0 Å². The van der Waals surface area contributed by atoms with Crippen LogP contribution >= 0.6 is 0 Å². The lowest BCUT2D eigenvalue weighted by Crippen LogP contribution is -2.11. The standard InChI is InChI=1S/C10H8N2O3/c11-9(13)7-4-5-2-1-3-6(10(14)15)8(5)12-7/h1-4,12H,(H2,11,13)(H,14,15). The molecule has 2 rings (SSSR count). The number of hydrogen-bond donors (Lipinski definition) is 3. The van der Waals surface area contributed by atoms with Crippen molar-refractivity contribution in [3.8, 4) is 0 Å². The van der Waals surface area contributed by atoms with Crippen LogP contribution in [0.3, 0.4) is 0 Å². The van der Waals surface area contributed by atoms with Gasteiger partial charge in [-0.1, -0.05) is 12.1 Å². The van der Waals surface area contributed by atoms with Gasteiger partial charge in [0, 0.05) is 5.39 Å². The number of aromatic nitrogens is 1. The zero-order valence-electron chi connectivity index (χ0n) is 7.65. The van der Waals surface area contributed by atoms with Crippen LogP contribution in [0.25, 0.3) is 10.9 Å². The van der Waals surface area contributed by atoms with E-state index in [2.05, 4.69) is 4.98 Å². The fraction of sp³-hybridized carbons (Fsp3) is 0. The van der Waals surface area contributed by atoms with Crippen LogP contribution in [0.1, 0.15) is 20.8 Å². The first-order valence-corrected chi connectivity index (χ1v) is 4.24. The average molecular weight is 204 g/mol. The van der Waals surface area contributed by atoms with E-state index in [0.29, 0.717) is 10.9 Å². The lowest BCUT2D eigenvalue weighted by Gasteiger charge is -1.95. The van der Waals surface area contributed by atoms with Crippen LogP contribution in [0.5, 0.6) is 0 Å². The molecule has 4 N–H and O–H groups in total. The number of rotatable bonds is 2. The van der Waals surface area contributed by atoms with Crippen LogP contribution in [-0.4, -0.2) is 22.0 Å². The van der Waals surface area contributed by atoms with Crippen molar-refractivity contribution in [1.29, 1.82) is 0 Å². The fourth-order valence-electron chi connectivity index (χ4n) is 1.47. The summed E-state index contributed by atoms with van der Waals surface area (Å²) in [5.74, 6) is -1.65. The Morgan fingerprint density at radius 1 is 1.33 bits per heavy atom. The average Bonchev–Trinajstić information content (AvgIpc) is 2.60. The summed E-state index contributed by atoms with van der Waals surface area (Å²) in [6, 6.07) is 6.32. The first kappa shape index (κ1) is 9.26. The van der Waals surface area contributed by atoms with Crippen molar-refractivity contribution in [2.24, 2.45) is 5.73 Å². The largest absolute Gasteiger partial charge is 0.478 e. The number of carbonyl (C=O) groups is 2. The van der Waals surface area contributed by atoms with Gasteiger partial charge in [-0.25, -0.2) is 4.79 Å². The summed E-state index contributed by atoms with van der Waals surface area (Å²) >= 11 is 0. The normalized spacial score (nSPS) is 10.4. The zero-order valence-corrected chi connectivity index (χ0v) is 7.65. The molecule has 0 aliphatic rings. The highest BCUT2D eigenvalue weighted by molar-refractivity contribution is 6.05. The van der Waals surface area contributed by atoms with Gasteiger partial charge in [-0.15, -0.1) is 0 Å². The molecule has 76 valence electrons. The van der Waals surface area contributed by atoms with E-state index in [1.54, 1.807) is 12.1 Å². The summed E-state index contributed by atoms with van der Waals surface area (Å²) < 4.78 is 0. The Labute approximate surface area is 84.5 Å². The second-order valence-corrected chi connectivity index (χ2v) is 3.12. The summed E-state index contributed by atoms with van der Waals surface area (Å²) in [4.78, 5) is 24.4. The van der Waals surface area contributed by atoms with Gasteiger partial charge in [-0.3, -0.25) is 4.79 Å². The fourth-order valence-corrected chi connectivity index (χ4v) is 1.47. The number of fused-ring (bicyclic) bond motifs is 1. The SMILES string of the molecule is NC(=O)c1cc2cccc(C(=O)O)c2[nH]1. The molecule has 0 aliphatic carbocycles. The molecule has 1 amide bonds. The van der Waals surface area contributed by atoms with E-state index in [9.17, 15) is 9.59 Å². The summed E-state index contributed by atoms with van der Waals surface area (Å²) in [6.07, 6.45) is 0. The molecule has 0 aliphatic heterocycles. The van der Waals surface area contributed by atoms with Gasteiger partial charge in [0.25, 0.3) is 5.91 Å². The summed E-state index contributed by atoms with van der Waals surface area (Å²) in [7, 11) is 0. The molecule has 0 unspecified atom stereocenters. The number of nitrogens with two attached hydrogens (primary N) is 1. The van der Waals surface area contributed by atoms with Crippen LogP contribution < -0.4 is 5.73 Å². The van der Waals surface area contributed by atoms with Gasteiger partial charge in [0.2, 0.25) is 0 Å². The van der Waals surface area contributed by atoms with Gasteiger partial charge < -0.3 is 15.8 Å². The van der Waals surface area contributed by atoms with Gasteiger partial charge in [-0.05, 0) is 12.1 Å². The molecule has 0 saturated heterocycles. The molecule has 1 aromatic heterocycles. The predicted molar refractivity (Wildman–Crippen MR) is 53.8 cm³/mol. The van der Waals surface area contributed by atoms with Gasteiger partial charge in [-0.2, -0.15) is 0 Å². The van der Waals surface area contributed by atoms with Crippen molar-refractivity contribution in [1.82, 2.24) is 4.98 Å². The summed E-state index contributed by atoms with van der Waals surface area (Å²) in [5.41, 5.74) is 5.83. The van der Waals surface area contributed by atoms with E-state index >= 15 is 0 Å². The Balaban J connectivity index is 2.75. The number of amides is 1. The Hall–Kier alpha value is -2.30. The van der Waals surface area contributed by atoms with Crippen LogP contribution in [0.4, 0.5) is 0 Å². The van der Waals surface area contributed by atoms with Gasteiger partial charge in [0.05, 0.1) is 11.1 Å². The molecule has 1 heterocycles. The quantitative estimate of drug-likeness (QED) is 0.679. The number of carboxylic acids is 1. The maximum absolute atomic E-state index is 10.9. The highest BCUT2D eigenvalue weighted by Gasteiger charge is 2.12. The van der Waals surface area contributed by atoms with Crippen LogP contribution in [0.15, 0.2) is 24.3 Å². The van der Waals surface area contributed by atoms with E-state index < -0.39 is 11.9 Å². The second-order valence-electron chi connectivity index (χ2n) is 3.12. The van der Waals surface area contributed by atoms with Crippen LogP contribution in [0.2, 0.25) is 0 Å². The number of benzene rings is 1. The molecule has 0 fully saturated rings. The molecule has 5 heteroatoms. The number of para-hydroxylation sites is 1. The molecule has 5 nitrogen and oxygen atoms in total. The molecular weight excluding hydrogens is 196 g/mol. The van der Waals surface area contributed by atoms with E-state index in [-0.39, 0.29) is 11.3 Å². The highest BCUT2D eigenvalue weighted by atomic mass is 16.4. The number of aromatic carboxylic acids is 1. The number of H-pyrrole nitrogens is 1.